The van der Waals surface area contributed by atoms with Crippen LogP contribution in [0.4, 0.5) is 11.6 Å². The molecule has 2 aromatic heterocycles. The molecule has 0 spiro atoms. The van der Waals surface area contributed by atoms with Gasteiger partial charge in [0.25, 0.3) is 10.0 Å². The van der Waals surface area contributed by atoms with Crippen LogP contribution < -0.4 is 14.9 Å². The molecule has 10 nitrogen and oxygen atoms in total. The molecule has 0 atom stereocenters. The van der Waals surface area contributed by atoms with Gasteiger partial charge in [-0.2, -0.15) is 0 Å². The summed E-state index contributed by atoms with van der Waals surface area (Å²) in [5, 5.41) is 3.15. The summed E-state index contributed by atoms with van der Waals surface area (Å²) in [6.07, 6.45) is 3.04. The van der Waals surface area contributed by atoms with Crippen LogP contribution in [0.15, 0.2) is 23.6 Å². The molecule has 11 heteroatoms. The molecule has 3 rings (SSSR count). The summed E-state index contributed by atoms with van der Waals surface area (Å²) < 4.78 is 34.3. The van der Waals surface area contributed by atoms with Crippen molar-refractivity contribution in [3.8, 4) is 0 Å². The Kier molecular flexibility index (Phi) is 6.24. The molecule has 0 saturated carbocycles. The van der Waals surface area contributed by atoms with Crippen molar-refractivity contribution in [1.82, 2.24) is 24.2 Å². The zero-order valence-corrected chi connectivity index (χ0v) is 16.4. The van der Waals surface area contributed by atoms with Gasteiger partial charge < -0.3 is 19.5 Å². The van der Waals surface area contributed by atoms with Crippen LogP contribution in [-0.4, -0.2) is 67.3 Å². The zero-order valence-electron chi connectivity index (χ0n) is 15.6. The van der Waals surface area contributed by atoms with Crippen molar-refractivity contribution in [2.75, 3.05) is 49.6 Å². The largest absolute Gasteiger partial charge is 0.378 e. The number of nitrogens with zero attached hydrogens (tertiary/aromatic N) is 5. The van der Waals surface area contributed by atoms with Gasteiger partial charge in [-0.3, -0.25) is 0 Å². The van der Waals surface area contributed by atoms with E-state index in [1.54, 1.807) is 17.7 Å². The van der Waals surface area contributed by atoms with E-state index in [-0.39, 0.29) is 11.6 Å². The highest BCUT2D eigenvalue weighted by Gasteiger charge is 2.18. The lowest BCUT2D eigenvalue weighted by Gasteiger charge is -2.27. The Morgan fingerprint density at radius 2 is 2.00 bits per heavy atom. The van der Waals surface area contributed by atoms with Crippen molar-refractivity contribution in [2.45, 2.75) is 25.4 Å². The first-order valence-corrected chi connectivity index (χ1v) is 10.4. The minimum absolute atomic E-state index is 0.0403. The SMILES string of the molecule is CCn1cc(S(=O)(=O)NCCNc2cc(N3CCOCC3)ncn2)nc1C. The second kappa shape index (κ2) is 8.63. The van der Waals surface area contributed by atoms with Gasteiger partial charge in [-0.05, 0) is 13.8 Å². The maximum absolute atomic E-state index is 12.3. The third kappa shape index (κ3) is 4.93. The smallest absolute Gasteiger partial charge is 0.259 e. The van der Waals surface area contributed by atoms with E-state index in [9.17, 15) is 8.42 Å². The monoisotopic (exact) mass is 395 g/mol. The lowest BCUT2D eigenvalue weighted by molar-refractivity contribution is 0.122. The van der Waals surface area contributed by atoms with E-state index >= 15 is 0 Å². The molecule has 0 radical (unpaired) electrons. The quantitative estimate of drug-likeness (QED) is 0.611. The number of aromatic nitrogens is 4. The summed E-state index contributed by atoms with van der Waals surface area (Å²) in [7, 11) is -3.63. The Balaban J connectivity index is 1.52. The van der Waals surface area contributed by atoms with Gasteiger partial charge in [0.15, 0.2) is 5.03 Å². The Morgan fingerprint density at radius 1 is 1.22 bits per heavy atom. The minimum Gasteiger partial charge on any atom is -0.378 e. The Hall–Kier alpha value is -2.24. The van der Waals surface area contributed by atoms with Crippen LogP contribution in [0.1, 0.15) is 12.7 Å². The van der Waals surface area contributed by atoms with Crippen molar-refractivity contribution < 1.29 is 13.2 Å². The molecule has 1 saturated heterocycles. The van der Waals surface area contributed by atoms with Crippen molar-refractivity contribution in [3.63, 3.8) is 0 Å². The molecular weight excluding hydrogens is 370 g/mol. The molecule has 2 N–H and O–H groups in total. The van der Waals surface area contributed by atoms with Crippen LogP contribution in [0.3, 0.4) is 0 Å². The predicted molar refractivity (Wildman–Crippen MR) is 101 cm³/mol. The van der Waals surface area contributed by atoms with E-state index in [4.69, 9.17) is 4.74 Å². The Bertz CT molecular complexity index is 863. The van der Waals surface area contributed by atoms with E-state index in [2.05, 4.69) is 29.9 Å². The second-order valence-corrected chi connectivity index (χ2v) is 7.81. The van der Waals surface area contributed by atoms with Crippen LogP contribution in [0.25, 0.3) is 0 Å². The first-order chi connectivity index (χ1) is 13.0. The minimum atomic E-state index is -3.63. The fourth-order valence-electron chi connectivity index (χ4n) is 2.79. The van der Waals surface area contributed by atoms with Crippen LogP contribution in [0.2, 0.25) is 0 Å². The molecule has 0 aromatic carbocycles. The number of rotatable bonds is 8. The van der Waals surface area contributed by atoms with E-state index in [0.717, 1.165) is 18.9 Å². The summed E-state index contributed by atoms with van der Waals surface area (Å²) in [4.78, 5) is 14.7. The van der Waals surface area contributed by atoms with E-state index in [1.165, 1.54) is 6.33 Å². The molecule has 3 heterocycles. The van der Waals surface area contributed by atoms with Crippen molar-refractivity contribution in [1.29, 1.82) is 0 Å². The molecule has 27 heavy (non-hydrogen) atoms. The van der Waals surface area contributed by atoms with E-state index < -0.39 is 10.0 Å². The van der Waals surface area contributed by atoms with Crippen LogP contribution in [0, 0.1) is 6.92 Å². The average molecular weight is 395 g/mol. The average Bonchev–Trinajstić information content (AvgIpc) is 3.08. The third-order valence-corrected chi connectivity index (χ3v) is 5.61. The molecule has 0 aliphatic carbocycles. The summed E-state index contributed by atoms with van der Waals surface area (Å²) in [6.45, 7) is 7.96. The van der Waals surface area contributed by atoms with Gasteiger partial charge >= 0.3 is 0 Å². The van der Waals surface area contributed by atoms with Crippen LogP contribution >= 0.6 is 0 Å². The van der Waals surface area contributed by atoms with Gasteiger partial charge in [0.1, 0.15) is 23.8 Å². The van der Waals surface area contributed by atoms with Crippen LogP contribution in [0.5, 0.6) is 0 Å². The highest BCUT2D eigenvalue weighted by atomic mass is 32.2. The summed E-state index contributed by atoms with van der Waals surface area (Å²) in [5.41, 5.74) is 0. The molecular formula is C16H25N7O3S. The summed E-state index contributed by atoms with van der Waals surface area (Å²) in [6, 6.07) is 1.85. The highest BCUT2D eigenvalue weighted by molar-refractivity contribution is 7.89. The van der Waals surface area contributed by atoms with E-state index in [1.807, 2.05) is 13.0 Å². The molecule has 0 amide bonds. The molecule has 0 unspecified atom stereocenters. The fourth-order valence-corrected chi connectivity index (χ4v) is 3.82. The molecule has 1 aliphatic rings. The highest BCUT2D eigenvalue weighted by Crippen LogP contribution is 2.15. The molecule has 2 aromatic rings. The van der Waals surface area contributed by atoms with Crippen LogP contribution in [-0.2, 0) is 21.3 Å². The number of ether oxygens (including phenoxy) is 1. The number of hydrogen-bond donors (Lipinski definition) is 2. The van der Waals surface area contributed by atoms with Crippen molar-refractivity contribution in [2.24, 2.45) is 0 Å². The normalized spacial score (nSPS) is 15.1. The standard InChI is InChI=1S/C16H25N7O3S/c1-3-22-11-16(21-13(22)2)27(24,25)20-5-4-17-14-10-15(19-12-18-14)23-6-8-26-9-7-23/h10-12,20H,3-9H2,1-2H3,(H,17,18,19). The van der Waals surface area contributed by atoms with Gasteiger partial charge in [0.05, 0.1) is 13.2 Å². The summed E-state index contributed by atoms with van der Waals surface area (Å²) >= 11 is 0. The maximum atomic E-state index is 12.3. The number of morpholine rings is 1. The number of hydrogen-bond acceptors (Lipinski definition) is 8. The first-order valence-electron chi connectivity index (χ1n) is 8.91. The van der Waals surface area contributed by atoms with Crippen molar-refractivity contribution >= 4 is 21.7 Å². The second-order valence-electron chi connectivity index (χ2n) is 6.10. The molecule has 0 bridgehead atoms. The molecule has 1 fully saturated rings. The number of aryl methyl sites for hydroxylation is 2. The van der Waals surface area contributed by atoms with E-state index in [0.29, 0.717) is 37.9 Å². The van der Waals surface area contributed by atoms with Gasteiger partial charge in [0, 0.05) is 45.0 Å². The topological polar surface area (TPSA) is 114 Å². The lowest BCUT2D eigenvalue weighted by Crippen LogP contribution is -2.36. The number of imidazole rings is 1. The summed E-state index contributed by atoms with van der Waals surface area (Å²) in [5.74, 6) is 2.15. The number of sulfonamides is 1. The number of anilines is 2. The zero-order chi connectivity index (χ0) is 19.3. The fraction of sp³-hybridized carbons (Fsp3) is 0.562. The molecule has 148 valence electrons. The third-order valence-electron chi connectivity index (χ3n) is 4.28. The van der Waals surface area contributed by atoms with Gasteiger partial charge in [-0.1, -0.05) is 0 Å². The molecule has 1 aliphatic heterocycles. The van der Waals surface area contributed by atoms with Gasteiger partial charge in [0.2, 0.25) is 0 Å². The van der Waals surface area contributed by atoms with Gasteiger partial charge in [-0.25, -0.2) is 28.1 Å². The lowest BCUT2D eigenvalue weighted by atomic mass is 10.4. The van der Waals surface area contributed by atoms with Crippen molar-refractivity contribution in [3.05, 3.63) is 24.4 Å². The predicted octanol–water partition coefficient (Wildman–Crippen LogP) is 0.228. The van der Waals surface area contributed by atoms with Gasteiger partial charge in [-0.15, -0.1) is 0 Å². The Labute approximate surface area is 159 Å². The number of nitrogens with one attached hydrogen (secondary N) is 2. The maximum Gasteiger partial charge on any atom is 0.259 e. The Morgan fingerprint density at radius 3 is 2.70 bits per heavy atom. The first kappa shape index (κ1) is 19.5.